The molecule has 0 aromatic heterocycles. The smallest absolute Gasteiger partial charge is 0.344 e. The average molecular weight is 609 g/mol. The number of carbonyl (C=O) groups is 5. The predicted molar refractivity (Wildman–Crippen MR) is 143 cm³/mol. The van der Waals surface area contributed by atoms with E-state index in [2.05, 4.69) is 6.58 Å². The fourth-order valence-corrected chi connectivity index (χ4v) is 5.56. The number of fused-ring (bicyclic) bond motifs is 2. The first-order valence-electron chi connectivity index (χ1n) is 13.5. The molecule has 2 fully saturated rings. The summed E-state index contributed by atoms with van der Waals surface area (Å²) in [5, 5.41) is 52.6. The minimum atomic E-state index is -3.87. The molecule has 2 heterocycles. The number of aliphatic hydroxyl groups is 2. The van der Waals surface area contributed by atoms with Crippen molar-refractivity contribution in [3.63, 3.8) is 0 Å². The monoisotopic (exact) mass is 608 g/mol. The van der Waals surface area contributed by atoms with Gasteiger partial charge in [-0.3, -0.25) is 9.59 Å². The molecule has 2 aliphatic heterocycles. The number of aliphatic carboxylic acids is 3. The molecule has 0 saturated carbocycles. The van der Waals surface area contributed by atoms with E-state index in [1.807, 2.05) is 30.3 Å². The summed E-state index contributed by atoms with van der Waals surface area (Å²) in [5.74, 6) is -12.2. The zero-order valence-corrected chi connectivity index (χ0v) is 24.1. The SMILES string of the molecule is C=C(CC[C@@]12O[C@H](C(=O)O)[C@@](O)(C(=O)O)[C@@](C(=O)O)(O1)[C@H](OC(=O)C(C)C)[C@H]2O)C(OC(C)=O)C(C)Cc1ccccc1. The zero-order chi connectivity index (χ0) is 32.5. The van der Waals surface area contributed by atoms with Gasteiger partial charge in [-0.15, -0.1) is 0 Å². The molecular formula is C29H36O14. The van der Waals surface area contributed by atoms with E-state index in [9.17, 15) is 49.5 Å². The first kappa shape index (κ1) is 33.6. The number of ether oxygens (including phenoxy) is 4. The summed E-state index contributed by atoms with van der Waals surface area (Å²) in [7, 11) is 0. The number of carboxylic acids is 3. The van der Waals surface area contributed by atoms with Crippen LogP contribution in [0.2, 0.25) is 0 Å². The van der Waals surface area contributed by atoms with Gasteiger partial charge in [0.1, 0.15) is 12.2 Å². The van der Waals surface area contributed by atoms with Crippen LogP contribution in [0.25, 0.3) is 0 Å². The van der Waals surface area contributed by atoms with E-state index >= 15 is 0 Å². The molecule has 8 atom stereocenters. The molecule has 43 heavy (non-hydrogen) atoms. The highest BCUT2D eigenvalue weighted by Crippen LogP contribution is 2.56. The summed E-state index contributed by atoms with van der Waals surface area (Å²) in [4.78, 5) is 61.8. The second kappa shape index (κ2) is 12.4. The van der Waals surface area contributed by atoms with E-state index in [0.717, 1.165) is 5.56 Å². The van der Waals surface area contributed by atoms with Crippen LogP contribution in [0.1, 0.15) is 46.1 Å². The topological polar surface area (TPSA) is 223 Å². The molecule has 2 aliphatic rings. The lowest BCUT2D eigenvalue weighted by Gasteiger charge is -2.48. The van der Waals surface area contributed by atoms with Crippen molar-refractivity contribution in [2.45, 2.75) is 88.4 Å². The summed E-state index contributed by atoms with van der Waals surface area (Å²) in [6, 6.07) is 9.27. The highest BCUT2D eigenvalue weighted by Gasteiger charge is 2.85. The average Bonchev–Trinajstić information content (AvgIpc) is 3.14. The van der Waals surface area contributed by atoms with Gasteiger partial charge in [0.15, 0.2) is 6.10 Å². The molecule has 2 saturated heterocycles. The minimum absolute atomic E-state index is 0.230. The molecule has 0 spiro atoms. The Morgan fingerprint density at radius 3 is 2.12 bits per heavy atom. The molecular weight excluding hydrogens is 572 g/mol. The lowest BCUT2D eigenvalue weighted by Crippen LogP contribution is -2.78. The van der Waals surface area contributed by atoms with Crippen LogP contribution in [0, 0.1) is 11.8 Å². The Hall–Kier alpha value is -3.85. The molecule has 0 aliphatic carbocycles. The van der Waals surface area contributed by atoms with Crippen molar-refractivity contribution in [3.05, 3.63) is 48.0 Å². The van der Waals surface area contributed by atoms with Gasteiger partial charge in [0.2, 0.25) is 23.1 Å². The number of benzene rings is 1. The van der Waals surface area contributed by atoms with Crippen LogP contribution < -0.4 is 0 Å². The summed E-state index contributed by atoms with van der Waals surface area (Å²) >= 11 is 0. The van der Waals surface area contributed by atoms with Crippen molar-refractivity contribution in [2.24, 2.45) is 11.8 Å². The van der Waals surface area contributed by atoms with Gasteiger partial charge in [-0.2, -0.15) is 0 Å². The molecule has 1 aromatic carbocycles. The van der Waals surface area contributed by atoms with Crippen molar-refractivity contribution >= 4 is 29.8 Å². The molecule has 236 valence electrons. The normalized spacial score (nSPS) is 31.1. The van der Waals surface area contributed by atoms with Crippen molar-refractivity contribution in [2.75, 3.05) is 0 Å². The number of rotatable bonds is 13. The van der Waals surface area contributed by atoms with Gasteiger partial charge in [0, 0.05) is 19.3 Å². The predicted octanol–water partition coefficient (Wildman–Crippen LogP) is 0.911. The van der Waals surface area contributed by atoms with Gasteiger partial charge >= 0.3 is 29.8 Å². The molecule has 0 amide bonds. The third kappa shape index (κ3) is 5.87. The molecule has 0 radical (unpaired) electrons. The molecule has 1 aromatic rings. The van der Waals surface area contributed by atoms with Crippen LogP contribution >= 0.6 is 0 Å². The van der Waals surface area contributed by atoms with E-state index in [4.69, 9.17) is 18.9 Å². The second-order valence-corrected chi connectivity index (χ2v) is 11.2. The minimum Gasteiger partial charge on any atom is -0.479 e. The molecule has 2 unspecified atom stereocenters. The van der Waals surface area contributed by atoms with Crippen molar-refractivity contribution in [3.8, 4) is 0 Å². The third-order valence-electron chi connectivity index (χ3n) is 7.72. The van der Waals surface area contributed by atoms with Crippen LogP contribution in [0.3, 0.4) is 0 Å². The van der Waals surface area contributed by atoms with Gasteiger partial charge in [0.25, 0.3) is 0 Å². The maximum atomic E-state index is 12.7. The number of aliphatic hydroxyl groups excluding tert-OH is 1. The maximum Gasteiger partial charge on any atom is 0.344 e. The quantitative estimate of drug-likeness (QED) is 0.155. The van der Waals surface area contributed by atoms with Gasteiger partial charge in [-0.1, -0.05) is 57.7 Å². The highest BCUT2D eigenvalue weighted by atomic mass is 16.8. The van der Waals surface area contributed by atoms with E-state index in [0.29, 0.717) is 6.42 Å². The maximum absolute atomic E-state index is 12.7. The van der Waals surface area contributed by atoms with E-state index < -0.39 is 83.6 Å². The Bertz CT molecular complexity index is 1280. The number of hydrogen-bond acceptors (Lipinski definition) is 11. The fraction of sp³-hybridized carbons (Fsp3) is 0.552. The molecule has 14 nitrogen and oxygen atoms in total. The van der Waals surface area contributed by atoms with Crippen LogP contribution in [0.15, 0.2) is 42.5 Å². The molecule has 2 bridgehead atoms. The summed E-state index contributed by atoms with van der Waals surface area (Å²) < 4.78 is 21.7. The standard InChI is InChI=1S/C29H36O14/c1-14(2)24(34)41-21-20(31)27(42-22(23(32)33)28(39,25(35)36)29(21,43-27)26(37)38)12-11-15(3)19(40-17(5)30)16(4)13-18-9-7-6-8-10-18/h6-10,14,16,19-22,31,39H,3,11-13H2,1-2,4-5H3,(H,32,33)(H,35,36)(H,37,38)/t16?,19?,20-,21-,22-,27-,28-,29-/m1/s1. The van der Waals surface area contributed by atoms with E-state index in [1.165, 1.54) is 20.8 Å². The Labute approximate surface area is 246 Å². The lowest BCUT2D eigenvalue weighted by molar-refractivity contribution is -0.374. The first-order chi connectivity index (χ1) is 19.9. The number of esters is 2. The van der Waals surface area contributed by atoms with Crippen molar-refractivity contribution < 1.29 is 68.5 Å². The molecule has 5 N–H and O–H groups in total. The molecule has 3 rings (SSSR count). The van der Waals surface area contributed by atoms with Crippen molar-refractivity contribution in [1.29, 1.82) is 0 Å². The van der Waals surface area contributed by atoms with E-state index in [1.54, 1.807) is 6.92 Å². The largest absolute Gasteiger partial charge is 0.479 e. The number of carbonyl (C=O) groups excluding carboxylic acids is 2. The van der Waals surface area contributed by atoms with Crippen LogP contribution in [0.5, 0.6) is 0 Å². The van der Waals surface area contributed by atoms with Crippen LogP contribution in [-0.4, -0.2) is 96.8 Å². The van der Waals surface area contributed by atoms with Crippen LogP contribution in [0.4, 0.5) is 0 Å². The first-order valence-corrected chi connectivity index (χ1v) is 13.5. The van der Waals surface area contributed by atoms with Gasteiger partial charge < -0.3 is 44.5 Å². The lowest BCUT2D eigenvalue weighted by atomic mass is 9.74. The zero-order valence-electron chi connectivity index (χ0n) is 24.1. The Balaban J connectivity index is 2.04. The third-order valence-corrected chi connectivity index (χ3v) is 7.72. The van der Waals surface area contributed by atoms with Gasteiger partial charge in [-0.25, -0.2) is 14.4 Å². The number of carboxylic acid groups (broad SMARTS) is 3. The Morgan fingerprint density at radius 1 is 1.02 bits per heavy atom. The van der Waals surface area contributed by atoms with Gasteiger partial charge in [-0.05, 0) is 24.0 Å². The summed E-state index contributed by atoms with van der Waals surface area (Å²) in [5.41, 5.74) is -6.19. The van der Waals surface area contributed by atoms with Crippen molar-refractivity contribution in [1.82, 2.24) is 0 Å². The molecule has 14 heteroatoms. The number of hydrogen-bond donors (Lipinski definition) is 5. The van der Waals surface area contributed by atoms with Crippen LogP contribution in [-0.2, 0) is 49.3 Å². The van der Waals surface area contributed by atoms with Gasteiger partial charge in [0.05, 0.1) is 5.92 Å². The highest BCUT2D eigenvalue weighted by molar-refractivity contribution is 5.98. The van der Waals surface area contributed by atoms with E-state index in [-0.39, 0.29) is 17.9 Å². The Morgan fingerprint density at radius 2 is 1.63 bits per heavy atom. The second-order valence-electron chi connectivity index (χ2n) is 11.2. The Kier molecular flexibility index (Phi) is 9.71. The summed E-state index contributed by atoms with van der Waals surface area (Å²) in [6.07, 6.45) is -8.73. The fourth-order valence-electron chi connectivity index (χ4n) is 5.56. The summed E-state index contributed by atoms with van der Waals surface area (Å²) in [6.45, 7) is 9.72.